The first-order chi connectivity index (χ1) is 9.52. The Hall–Kier alpha value is -1.30. The van der Waals surface area contributed by atoms with Gasteiger partial charge in [0.05, 0.1) is 6.10 Å². The summed E-state index contributed by atoms with van der Waals surface area (Å²) in [5, 5.41) is 11.6. The second-order valence-corrected chi connectivity index (χ2v) is 5.34. The normalized spacial score (nSPS) is 20.5. The Labute approximate surface area is 120 Å². The van der Waals surface area contributed by atoms with Crippen LogP contribution in [0.25, 0.3) is 0 Å². The number of rotatable bonds is 7. The monoisotopic (exact) mass is 286 g/mol. The van der Waals surface area contributed by atoms with Crippen LogP contribution in [0.4, 0.5) is 4.79 Å². The molecule has 0 aromatic carbocycles. The first-order valence-electron chi connectivity index (χ1n) is 7.39. The van der Waals surface area contributed by atoms with Crippen LogP contribution in [0.2, 0.25) is 0 Å². The first kappa shape index (κ1) is 16.8. The second kappa shape index (κ2) is 8.79. The van der Waals surface area contributed by atoms with Crippen LogP contribution in [0.5, 0.6) is 0 Å². The summed E-state index contributed by atoms with van der Waals surface area (Å²) in [6.45, 7) is 6.40. The summed E-state index contributed by atoms with van der Waals surface area (Å²) in [6, 6.07) is -0.0726. The Balaban J connectivity index is 2.30. The minimum Gasteiger partial charge on any atom is -0.481 e. The van der Waals surface area contributed by atoms with Crippen molar-refractivity contribution < 1.29 is 19.4 Å². The highest BCUT2D eigenvalue weighted by Crippen LogP contribution is 2.20. The number of nitrogens with zero attached hydrogens (tertiary/aromatic N) is 1. The van der Waals surface area contributed by atoms with E-state index in [1.165, 1.54) is 0 Å². The van der Waals surface area contributed by atoms with Gasteiger partial charge in [0.2, 0.25) is 0 Å². The molecule has 1 aliphatic rings. The molecule has 2 amide bonds. The lowest BCUT2D eigenvalue weighted by atomic mass is 9.93. The van der Waals surface area contributed by atoms with Crippen molar-refractivity contribution in [1.29, 1.82) is 0 Å². The lowest BCUT2D eigenvalue weighted by Crippen LogP contribution is -2.47. The van der Waals surface area contributed by atoms with E-state index >= 15 is 0 Å². The Morgan fingerprint density at radius 2 is 2.25 bits per heavy atom. The summed E-state index contributed by atoms with van der Waals surface area (Å²) < 4.78 is 5.37. The topological polar surface area (TPSA) is 78.9 Å². The zero-order chi connectivity index (χ0) is 15.0. The van der Waals surface area contributed by atoms with E-state index in [0.29, 0.717) is 32.0 Å². The van der Waals surface area contributed by atoms with Gasteiger partial charge in [0.25, 0.3) is 0 Å². The predicted octanol–water partition coefficient (Wildman–Crippen LogP) is 1.70. The minimum absolute atomic E-state index is 0.0107. The van der Waals surface area contributed by atoms with Gasteiger partial charge >= 0.3 is 12.0 Å². The van der Waals surface area contributed by atoms with Gasteiger partial charge in [0, 0.05) is 32.7 Å². The summed E-state index contributed by atoms with van der Waals surface area (Å²) in [7, 11) is 0. The summed E-state index contributed by atoms with van der Waals surface area (Å²) in [5.41, 5.74) is 0. The largest absolute Gasteiger partial charge is 0.481 e. The van der Waals surface area contributed by atoms with Gasteiger partial charge in [0.15, 0.2) is 0 Å². The predicted molar refractivity (Wildman–Crippen MR) is 75.7 cm³/mol. The van der Waals surface area contributed by atoms with Crippen LogP contribution in [0.1, 0.15) is 39.5 Å². The number of urea groups is 1. The van der Waals surface area contributed by atoms with E-state index in [2.05, 4.69) is 5.32 Å². The Morgan fingerprint density at radius 3 is 2.90 bits per heavy atom. The number of hydrogen-bond donors (Lipinski definition) is 2. The van der Waals surface area contributed by atoms with Crippen LogP contribution in [0.15, 0.2) is 0 Å². The quantitative estimate of drug-likeness (QED) is 0.746. The molecule has 0 spiro atoms. The molecule has 1 saturated heterocycles. The van der Waals surface area contributed by atoms with Crippen LogP contribution < -0.4 is 5.32 Å². The number of nitrogens with one attached hydrogen (secondary N) is 1. The fraction of sp³-hybridized carbons (Fsp3) is 0.857. The maximum Gasteiger partial charge on any atom is 0.317 e. The highest BCUT2D eigenvalue weighted by molar-refractivity contribution is 5.74. The number of carbonyl (C=O) groups is 2. The van der Waals surface area contributed by atoms with Crippen molar-refractivity contribution in [2.75, 3.05) is 26.2 Å². The number of ether oxygens (including phenoxy) is 1. The van der Waals surface area contributed by atoms with E-state index in [0.717, 1.165) is 19.4 Å². The molecule has 1 fully saturated rings. The molecule has 0 aliphatic carbocycles. The molecule has 0 aromatic rings. The van der Waals surface area contributed by atoms with E-state index in [1.807, 2.05) is 13.8 Å². The molecule has 2 atom stereocenters. The first-order valence-corrected chi connectivity index (χ1v) is 7.39. The highest BCUT2D eigenvalue weighted by atomic mass is 16.5. The third-order valence-corrected chi connectivity index (χ3v) is 3.56. The van der Waals surface area contributed by atoms with Gasteiger partial charge in [-0.15, -0.1) is 0 Å². The standard InChI is InChI=1S/C14H26N2O4/c1-3-20-11(2)9-15-14(19)16-8-4-5-12(10-16)6-7-13(17)18/h11-12H,3-10H2,1-2H3,(H,15,19)(H,17,18). The van der Waals surface area contributed by atoms with Crippen molar-refractivity contribution >= 4 is 12.0 Å². The number of aliphatic carboxylic acids is 1. The van der Waals surface area contributed by atoms with Gasteiger partial charge in [-0.2, -0.15) is 0 Å². The van der Waals surface area contributed by atoms with Crippen LogP contribution >= 0.6 is 0 Å². The SMILES string of the molecule is CCOC(C)CNC(=O)N1CCCC(CCC(=O)O)C1. The smallest absolute Gasteiger partial charge is 0.317 e. The second-order valence-electron chi connectivity index (χ2n) is 5.34. The summed E-state index contributed by atoms with van der Waals surface area (Å²) in [6.07, 6.45) is 2.79. The van der Waals surface area contributed by atoms with Gasteiger partial charge in [-0.05, 0) is 39.0 Å². The maximum absolute atomic E-state index is 12.0. The molecule has 116 valence electrons. The van der Waals surface area contributed by atoms with E-state index in [4.69, 9.17) is 9.84 Å². The van der Waals surface area contributed by atoms with Crippen LogP contribution in [-0.2, 0) is 9.53 Å². The number of piperidine rings is 1. The highest BCUT2D eigenvalue weighted by Gasteiger charge is 2.24. The molecule has 0 saturated carbocycles. The third kappa shape index (κ3) is 6.23. The number of carbonyl (C=O) groups excluding carboxylic acids is 1. The Bertz CT molecular complexity index is 322. The minimum atomic E-state index is -0.767. The number of carboxylic acid groups (broad SMARTS) is 1. The molecule has 0 radical (unpaired) electrons. The van der Waals surface area contributed by atoms with Crippen molar-refractivity contribution in [1.82, 2.24) is 10.2 Å². The molecule has 1 aliphatic heterocycles. The van der Waals surface area contributed by atoms with E-state index in [9.17, 15) is 9.59 Å². The molecule has 0 aromatic heterocycles. The zero-order valence-corrected chi connectivity index (χ0v) is 12.4. The zero-order valence-electron chi connectivity index (χ0n) is 12.4. The molecule has 2 unspecified atom stereocenters. The van der Waals surface area contributed by atoms with E-state index in [-0.39, 0.29) is 18.6 Å². The third-order valence-electron chi connectivity index (χ3n) is 3.56. The number of amides is 2. The number of hydrogen-bond acceptors (Lipinski definition) is 3. The molecular formula is C14H26N2O4. The van der Waals surface area contributed by atoms with Crippen molar-refractivity contribution in [3.63, 3.8) is 0 Å². The van der Waals surface area contributed by atoms with Gasteiger partial charge < -0.3 is 20.1 Å². The van der Waals surface area contributed by atoms with Crippen LogP contribution in [0.3, 0.4) is 0 Å². The van der Waals surface area contributed by atoms with E-state index in [1.54, 1.807) is 4.90 Å². The molecule has 1 rings (SSSR count). The van der Waals surface area contributed by atoms with E-state index < -0.39 is 5.97 Å². The fourth-order valence-electron chi connectivity index (χ4n) is 2.50. The van der Waals surface area contributed by atoms with Gasteiger partial charge in [-0.25, -0.2) is 4.79 Å². The average Bonchev–Trinajstić information content (AvgIpc) is 2.43. The molecule has 2 N–H and O–H groups in total. The van der Waals surface area contributed by atoms with Crippen molar-refractivity contribution in [2.24, 2.45) is 5.92 Å². The summed E-state index contributed by atoms with van der Waals surface area (Å²) in [5.74, 6) is -0.466. The number of likely N-dealkylation sites (tertiary alicyclic amines) is 1. The molecular weight excluding hydrogens is 260 g/mol. The Kier molecular flexibility index (Phi) is 7.36. The van der Waals surface area contributed by atoms with Crippen LogP contribution in [0, 0.1) is 5.92 Å². The van der Waals surface area contributed by atoms with Gasteiger partial charge in [-0.3, -0.25) is 4.79 Å². The van der Waals surface area contributed by atoms with Gasteiger partial charge in [0.1, 0.15) is 0 Å². The van der Waals surface area contributed by atoms with Crippen molar-refractivity contribution in [3.05, 3.63) is 0 Å². The van der Waals surface area contributed by atoms with Crippen molar-refractivity contribution in [3.8, 4) is 0 Å². The number of carboxylic acids is 1. The molecule has 0 bridgehead atoms. The average molecular weight is 286 g/mol. The molecule has 6 heteroatoms. The van der Waals surface area contributed by atoms with Crippen molar-refractivity contribution in [2.45, 2.75) is 45.6 Å². The lowest BCUT2D eigenvalue weighted by Gasteiger charge is -2.33. The summed E-state index contributed by atoms with van der Waals surface area (Å²) >= 11 is 0. The fourth-order valence-corrected chi connectivity index (χ4v) is 2.50. The molecule has 6 nitrogen and oxygen atoms in total. The maximum atomic E-state index is 12.0. The lowest BCUT2D eigenvalue weighted by molar-refractivity contribution is -0.137. The van der Waals surface area contributed by atoms with Gasteiger partial charge in [-0.1, -0.05) is 0 Å². The van der Waals surface area contributed by atoms with Crippen LogP contribution in [-0.4, -0.2) is 54.4 Å². The summed E-state index contributed by atoms with van der Waals surface area (Å²) in [4.78, 5) is 24.4. The molecule has 20 heavy (non-hydrogen) atoms. The Morgan fingerprint density at radius 1 is 1.50 bits per heavy atom. The molecule has 1 heterocycles.